The molecule has 0 bridgehead atoms. The van der Waals surface area contributed by atoms with Crippen LogP contribution in [0.5, 0.6) is 0 Å². The number of benzene rings is 1. The van der Waals surface area contributed by atoms with Gasteiger partial charge in [0.25, 0.3) is 5.91 Å². The average Bonchev–Trinajstić information content (AvgIpc) is 3.24. The summed E-state index contributed by atoms with van der Waals surface area (Å²) in [6.07, 6.45) is 1.80. The van der Waals surface area contributed by atoms with E-state index in [-0.39, 0.29) is 5.91 Å². The predicted octanol–water partition coefficient (Wildman–Crippen LogP) is 3.55. The van der Waals surface area contributed by atoms with Gasteiger partial charge in [0.2, 0.25) is 0 Å². The molecule has 0 radical (unpaired) electrons. The van der Waals surface area contributed by atoms with Gasteiger partial charge in [-0.2, -0.15) is 0 Å². The lowest BCUT2D eigenvalue weighted by Crippen LogP contribution is -2.34. The summed E-state index contributed by atoms with van der Waals surface area (Å²) in [6.45, 7) is 14.0. The second-order valence-corrected chi connectivity index (χ2v) is 8.39. The fourth-order valence-corrected chi connectivity index (χ4v) is 3.50. The van der Waals surface area contributed by atoms with E-state index in [1.165, 1.54) is 0 Å². The van der Waals surface area contributed by atoms with E-state index in [9.17, 15) is 4.79 Å². The molecule has 8 nitrogen and oxygen atoms in total. The van der Waals surface area contributed by atoms with Gasteiger partial charge in [0.1, 0.15) is 5.82 Å². The first-order chi connectivity index (χ1) is 16.0. The van der Waals surface area contributed by atoms with Crippen LogP contribution in [0.1, 0.15) is 38.1 Å². The van der Waals surface area contributed by atoms with E-state index in [1.54, 1.807) is 6.20 Å². The Morgan fingerprint density at radius 3 is 2.55 bits per heavy atom. The fourth-order valence-electron chi connectivity index (χ4n) is 3.50. The lowest BCUT2D eigenvalue weighted by Gasteiger charge is -2.17. The smallest absolute Gasteiger partial charge is 0.251 e. The number of aromatic nitrogens is 3. The van der Waals surface area contributed by atoms with Crippen LogP contribution in [0.3, 0.4) is 0 Å². The Kier molecular flexibility index (Phi) is 9.21. The molecule has 0 saturated heterocycles. The van der Waals surface area contributed by atoms with Crippen molar-refractivity contribution in [1.82, 2.24) is 24.8 Å². The molecule has 1 aromatic carbocycles. The Labute approximate surface area is 196 Å². The number of hydrogen-bond donors (Lipinski definition) is 2. The quantitative estimate of drug-likeness (QED) is 0.386. The van der Waals surface area contributed by atoms with Crippen molar-refractivity contribution in [2.75, 3.05) is 51.3 Å². The highest BCUT2D eigenvalue weighted by molar-refractivity contribution is 5.94. The van der Waals surface area contributed by atoms with Crippen LogP contribution in [0.4, 0.5) is 5.82 Å². The van der Waals surface area contributed by atoms with Crippen LogP contribution in [-0.4, -0.2) is 71.3 Å². The van der Waals surface area contributed by atoms with E-state index in [0.717, 1.165) is 49.0 Å². The standard InChI is InChI=1S/C25H36N6O2/c1-5-30(6-2)15-13-27-25(32)21-9-7-20(8-10-21)22-17-28-24-12-11-23(29-31(22)24)26-14-16-33-18-19(3)4/h7-12,17,19H,5-6,13-16,18H2,1-4H3,(H,26,29)(H,27,32). The topological polar surface area (TPSA) is 83.8 Å². The SMILES string of the molecule is CCN(CC)CCNC(=O)c1ccc(-c2cnc3ccc(NCCOCC(C)C)nn23)cc1. The molecular weight excluding hydrogens is 416 g/mol. The third-order valence-electron chi connectivity index (χ3n) is 5.42. The normalized spacial score (nSPS) is 11.5. The first-order valence-electron chi connectivity index (χ1n) is 11.8. The van der Waals surface area contributed by atoms with Gasteiger partial charge in [-0.25, -0.2) is 9.50 Å². The van der Waals surface area contributed by atoms with Gasteiger partial charge in [-0.1, -0.05) is 39.8 Å². The average molecular weight is 453 g/mol. The van der Waals surface area contributed by atoms with Crippen molar-refractivity contribution in [3.63, 3.8) is 0 Å². The maximum absolute atomic E-state index is 12.5. The molecule has 33 heavy (non-hydrogen) atoms. The van der Waals surface area contributed by atoms with Crippen molar-refractivity contribution in [3.8, 4) is 11.3 Å². The molecule has 3 aromatic rings. The molecule has 1 amide bonds. The van der Waals surface area contributed by atoms with Gasteiger partial charge in [-0.15, -0.1) is 5.10 Å². The molecule has 2 aromatic heterocycles. The van der Waals surface area contributed by atoms with Gasteiger partial charge in [0.05, 0.1) is 18.5 Å². The van der Waals surface area contributed by atoms with Crippen molar-refractivity contribution in [2.45, 2.75) is 27.7 Å². The number of hydrogen-bond acceptors (Lipinski definition) is 6. The number of amides is 1. The van der Waals surface area contributed by atoms with Gasteiger partial charge < -0.3 is 20.3 Å². The number of carbonyl (C=O) groups is 1. The van der Waals surface area contributed by atoms with E-state index < -0.39 is 0 Å². The highest BCUT2D eigenvalue weighted by atomic mass is 16.5. The number of ether oxygens (including phenoxy) is 1. The Morgan fingerprint density at radius 2 is 1.85 bits per heavy atom. The van der Waals surface area contributed by atoms with Crippen LogP contribution in [-0.2, 0) is 4.74 Å². The first kappa shape index (κ1) is 24.7. The monoisotopic (exact) mass is 452 g/mol. The minimum absolute atomic E-state index is 0.0591. The largest absolute Gasteiger partial charge is 0.379 e. The molecule has 0 aliphatic heterocycles. The third-order valence-corrected chi connectivity index (χ3v) is 5.42. The summed E-state index contributed by atoms with van der Waals surface area (Å²) in [5, 5.41) is 11.0. The van der Waals surface area contributed by atoms with Crippen molar-refractivity contribution >= 4 is 17.4 Å². The molecule has 8 heteroatoms. The number of rotatable bonds is 13. The number of imidazole rings is 1. The zero-order chi connectivity index (χ0) is 23.6. The number of nitrogens with zero attached hydrogens (tertiary/aromatic N) is 4. The minimum Gasteiger partial charge on any atom is -0.379 e. The van der Waals surface area contributed by atoms with Gasteiger partial charge in [-0.05, 0) is 43.3 Å². The molecule has 0 spiro atoms. The zero-order valence-electron chi connectivity index (χ0n) is 20.2. The molecule has 2 N–H and O–H groups in total. The van der Waals surface area contributed by atoms with Crippen molar-refractivity contribution < 1.29 is 9.53 Å². The molecule has 178 valence electrons. The van der Waals surface area contributed by atoms with Crippen LogP contribution in [0.25, 0.3) is 16.9 Å². The molecule has 3 rings (SSSR count). The summed E-state index contributed by atoms with van der Waals surface area (Å²) in [7, 11) is 0. The molecular formula is C25H36N6O2. The maximum Gasteiger partial charge on any atom is 0.251 e. The van der Waals surface area contributed by atoms with Gasteiger partial charge in [0.15, 0.2) is 5.65 Å². The summed E-state index contributed by atoms with van der Waals surface area (Å²) in [5.74, 6) is 1.23. The lowest BCUT2D eigenvalue weighted by molar-refractivity contribution is 0.0949. The summed E-state index contributed by atoms with van der Waals surface area (Å²) in [6, 6.07) is 11.4. The molecule has 0 fully saturated rings. The van der Waals surface area contributed by atoms with Crippen LogP contribution in [0.15, 0.2) is 42.6 Å². The van der Waals surface area contributed by atoms with Crippen molar-refractivity contribution in [1.29, 1.82) is 0 Å². The van der Waals surface area contributed by atoms with E-state index in [0.29, 0.717) is 31.2 Å². The molecule has 0 atom stereocenters. The summed E-state index contributed by atoms with van der Waals surface area (Å²) < 4.78 is 7.43. The van der Waals surface area contributed by atoms with E-state index in [2.05, 4.69) is 53.3 Å². The second kappa shape index (κ2) is 12.3. The van der Waals surface area contributed by atoms with Crippen LogP contribution in [0.2, 0.25) is 0 Å². The maximum atomic E-state index is 12.5. The van der Waals surface area contributed by atoms with E-state index in [1.807, 2.05) is 40.9 Å². The third kappa shape index (κ3) is 7.00. The van der Waals surface area contributed by atoms with Gasteiger partial charge in [-0.3, -0.25) is 4.79 Å². The molecule has 2 heterocycles. The van der Waals surface area contributed by atoms with Crippen LogP contribution in [0, 0.1) is 5.92 Å². The molecule has 0 aliphatic rings. The number of anilines is 1. The Balaban J connectivity index is 1.62. The predicted molar refractivity (Wildman–Crippen MR) is 133 cm³/mol. The van der Waals surface area contributed by atoms with Crippen molar-refractivity contribution in [2.24, 2.45) is 5.92 Å². The first-order valence-corrected chi connectivity index (χ1v) is 11.8. The number of fused-ring (bicyclic) bond motifs is 1. The molecule has 0 aliphatic carbocycles. The fraction of sp³-hybridized carbons (Fsp3) is 0.480. The van der Waals surface area contributed by atoms with E-state index >= 15 is 0 Å². The zero-order valence-corrected chi connectivity index (χ0v) is 20.2. The van der Waals surface area contributed by atoms with Gasteiger partial charge in [0, 0.05) is 37.4 Å². The Morgan fingerprint density at radius 1 is 1.09 bits per heavy atom. The highest BCUT2D eigenvalue weighted by Gasteiger charge is 2.11. The van der Waals surface area contributed by atoms with Gasteiger partial charge >= 0.3 is 0 Å². The molecule has 0 saturated carbocycles. The summed E-state index contributed by atoms with van der Waals surface area (Å²) in [5.41, 5.74) is 3.24. The number of nitrogens with one attached hydrogen (secondary N) is 2. The van der Waals surface area contributed by atoms with Crippen LogP contribution >= 0.6 is 0 Å². The Hall–Kier alpha value is -2.97. The number of carbonyl (C=O) groups excluding carboxylic acids is 1. The van der Waals surface area contributed by atoms with Crippen LogP contribution < -0.4 is 10.6 Å². The lowest BCUT2D eigenvalue weighted by atomic mass is 10.1. The Bertz CT molecular complexity index is 1010. The van der Waals surface area contributed by atoms with E-state index in [4.69, 9.17) is 4.74 Å². The molecule has 0 unspecified atom stereocenters. The number of likely N-dealkylation sites (N-methyl/N-ethyl adjacent to an activating group) is 1. The second-order valence-electron chi connectivity index (χ2n) is 8.39. The minimum atomic E-state index is -0.0591. The summed E-state index contributed by atoms with van der Waals surface area (Å²) in [4.78, 5) is 19.2. The summed E-state index contributed by atoms with van der Waals surface area (Å²) >= 11 is 0. The van der Waals surface area contributed by atoms with Crippen molar-refractivity contribution in [3.05, 3.63) is 48.2 Å². The highest BCUT2D eigenvalue weighted by Crippen LogP contribution is 2.21.